The quantitative estimate of drug-likeness (QED) is 0.926. The number of aryl methyl sites for hydroxylation is 1. The number of anilines is 1. The van der Waals surface area contributed by atoms with E-state index in [1.165, 1.54) is 19.2 Å². The highest BCUT2D eigenvalue weighted by molar-refractivity contribution is 6.31. The van der Waals surface area contributed by atoms with Gasteiger partial charge < -0.3 is 14.5 Å². The number of rotatable bonds is 3. The molecule has 0 aliphatic carbocycles. The highest BCUT2D eigenvalue weighted by Gasteiger charge is 2.14. The van der Waals surface area contributed by atoms with Crippen molar-refractivity contribution >= 4 is 34.8 Å². The topological polar surface area (TPSA) is 51.5 Å². The number of furan rings is 1. The Morgan fingerprint density at radius 1 is 1.32 bits per heavy atom. The van der Waals surface area contributed by atoms with Gasteiger partial charge in [0.2, 0.25) is 0 Å². The summed E-state index contributed by atoms with van der Waals surface area (Å²) < 4.78 is 10.2. The lowest BCUT2D eigenvalue weighted by Gasteiger charge is -2.11. The van der Waals surface area contributed by atoms with Crippen molar-refractivity contribution in [3.63, 3.8) is 0 Å². The molecule has 0 fully saturated rings. The molecule has 0 saturated carbocycles. The van der Waals surface area contributed by atoms with Gasteiger partial charge in [-0.25, -0.2) is 0 Å². The first-order chi connectivity index (χ1) is 9.01. The van der Waals surface area contributed by atoms with Crippen molar-refractivity contribution in [3.05, 3.63) is 45.8 Å². The Balaban J connectivity index is 2.28. The van der Waals surface area contributed by atoms with Crippen molar-refractivity contribution < 1.29 is 13.9 Å². The molecule has 0 unspecified atom stereocenters. The van der Waals surface area contributed by atoms with Gasteiger partial charge in [-0.3, -0.25) is 4.79 Å². The fourth-order valence-corrected chi connectivity index (χ4v) is 1.85. The van der Waals surface area contributed by atoms with Crippen LogP contribution in [0.4, 0.5) is 5.69 Å². The first-order valence-corrected chi connectivity index (χ1v) is 6.17. The lowest BCUT2D eigenvalue weighted by Crippen LogP contribution is -2.12. The molecule has 1 heterocycles. The summed E-state index contributed by atoms with van der Waals surface area (Å²) >= 11 is 11.6. The molecule has 100 valence electrons. The maximum atomic E-state index is 11.9. The molecule has 2 rings (SSSR count). The monoisotopic (exact) mass is 299 g/mol. The summed E-state index contributed by atoms with van der Waals surface area (Å²) in [6, 6.07) is 6.36. The third-order valence-corrected chi connectivity index (χ3v) is 3.14. The molecule has 6 heteroatoms. The predicted molar refractivity (Wildman–Crippen MR) is 74.4 cm³/mol. The van der Waals surface area contributed by atoms with Crippen molar-refractivity contribution in [1.29, 1.82) is 0 Å². The molecule has 0 aliphatic rings. The molecule has 1 aromatic carbocycles. The van der Waals surface area contributed by atoms with Gasteiger partial charge in [0.25, 0.3) is 5.91 Å². The fraction of sp³-hybridized carbons (Fsp3) is 0.154. The van der Waals surface area contributed by atoms with Crippen molar-refractivity contribution in [2.24, 2.45) is 0 Å². The molecule has 1 N–H and O–H groups in total. The highest BCUT2D eigenvalue weighted by Crippen LogP contribution is 2.31. The molecule has 0 spiro atoms. The first-order valence-electron chi connectivity index (χ1n) is 5.42. The lowest BCUT2D eigenvalue weighted by atomic mass is 10.2. The van der Waals surface area contributed by atoms with Gasteiger partial charge in [0.1, 0.15) is 5.75 Å². The van der Waals surface area contributed by atoms with Crippen LogP contribution in [0.2, 0.25) is 10.2 Å². The highest BCUT2D eigenvalue weighted by atomic mass is 35.5. The largest absolute Gasteiger partial charge is 0.495 e. The lowest BCUT2D eigenvalue weighted by molar-refractivity contribution is 0.0996. The molecular weight excluding hydrogens is 289 g/mol. The number of amides is 1. The molecule has 0 saturated heterocycles. The predicted octanol–water partition coefficient (Wildman–Crippen LogP) is 4.16. The zero-order chi connectivity index (χ0) is 14.0. The molecule has 1 aromatic heterocycles. The minimum absolute atomic E-state index is 0.125. The number of benzene rings is 1. The number of hydrogen-bond donors (Lipinski definition) is 1. The van der Waals surface area contributed by atoms with E-state index < -0.39 is 5.91 Å². The Morgan fingerprint density at radius 3 is 2.63 bits per heavy atom. The fourth-order valence-electron chi connectivity index (χ4n) is 1.55. The molecule has 19 heavy (non-hydrogen) atoms. The number of halogens is 2. The molecule has 4 nitrogen and oxygen atoms in total. The molecular formula is C13H11Cl2NO3. The van der Waals surface area contributed by atoms with Crippen LogP contribution >= 0.6 is 23.2 Å². The summed E-state index contributed by atoms with van der Waals surface area (Å²) in [4.78, 5) is 11.9. The zero-order valence-electron chi connectivity index (χ0n) is 10.3. The average Bonchev–Trinajstić information content (AvgIpc) is 2.80. The van der Waals surface area contributed by atoms with E-state index in [4.69, 9.17) is 32.4 Å². The van der Waals surface area contributed by atoms with Crippen LogP contribution in [0.3, 0.4) is 0 Å². The first kappa shape index (κ1) is 13.8. The van der Waals surface area contributed by atoms with Gasteiger partial charge in [0.15, 0.2) is 11.0 Å². The van der Waals surface area contributed by atoms with Crippen LogP contribution in [0.25, 0.3) is 0 Å². The van der Waals surface area contributed by atoms with E-state index in [-0.39, 0.29) is 11.0 Å². The Hall–Kier alpha value is -1.65. The number of carbonyl (C=O) groups excluding carboxylic acids is 1. The molecule has 0 atom stereocenters. The maximum absolute atomic E-state index is 11.9. The summed E-state index contributed by atoms with van der Waals surface area (Å²) in [5.74, 6) is 0.188. The summed E-state index contributed by atoms with van der Waals surface area (Å²) in [5, 5.41) is 3.41. The van der Waals surface area contributed by atoms with Crippen molar-refractivity contribution in [2.45, 2.75) is 6.92 Å². The van der Waals surface area contributed by atoms with E-state index in [0.29, 0.717) is 16.5 Å². The Bertz CT molecular complexity index is 622. The Kier molecular flexibility index (Phi) is 4.02. The second-order valence-electron chi connectivity index (χ2n) is 3.86. The second kappa shape index (κ2) is 5.55. The van der Waals surface area contributed by atoms with E-state index >= 15 is 0 Å². The van der Waals surface area contributed by atoms with Crippen molar-refractivity contribution in [3.8, 4) is 5.75 Å². The maximum Gasteiger partial charge on any atom is 0.291 e. The van der Waals surface area contributed by atoms with Gasteiger partial charge >= 0.3 is 0 Å². The van der Waals surface area contributed by atoms with E-state index in [2.05, 4.69) is 5.32 Å². The van der Waals surface area contributed by atoms with E-state index in [1.54, 1.807) is 12.1 Å². The summed E-state index contributed by atoms with van der Waals surface area (Å²) in [6.07, 6.45) is 0. The minimum Gasteiger partial charge on any atom is -0.495 e. The standard InChI is InChI=1S/C13H11Cl2NO3/c1-7-5-9(11(18-2)6-8(7)14)16-13(17)10-3-4-12(15)19-10/h3-6H,1-2H3,(H,16,17). The normalized spacial score (nSPS) is 10.3. The van der Waals surface area contributed by atoms with Crippen molar-refractivity contribution in [2.75, 3.05) is 12.4 Å². The number of carbonyl (C=O) groups is 1. The Labute approximate surface area is 120 Å². The molecule has 0 radical (unpaired) electrons. The molecule has 2 aromatic rings. The van der Waals surface area contributed by atoms with Crippen LogP contribution in [0.15, 0.2) is 28.7 Å². The van der Waals surface area contributed by atoms with E-state index in [9.17, 15) is 4.79 Å². The van der Waals surface area contributed by atoms with Crippen LogP contribution in [-0.2, 0) is 0 Å². The van der Waals surface area contributed by atoms with Gasteiger partial charge in [-0.05, 0) is 42.3 Å². The average molecular weight is 300 g/mol. The van der Waals surface area contributed by atoms with Gasteiger partial charge in [0.05, 0.1) is 12.8 Å². The van der Waals surface area contributed by atoms with E-state index in [0.717, 1.165) is 5.56 Å². The van der Waals surface area contributed by atoms with Gasteiger partial charge in [-0.2, -0.15) is 0 Å². The van der Waals surface area contributed by atoms with Gasteiger partial charge in [-0.1, -0.05) is 11.6 Å². The smallest absolute Gasteiger partial charge is 0.291 e. The zero-order valence-corrected chi connectivity index (χ0v) is 11.8. The summed E-state index contributed by atoms with van der Waals surface area (Å²) in [7, 11) is 1.50. The third kappa shape index (κ3) is 3.03. The molecule has 1 amide bonds. The van der Waals surface area contributed by atoms with E-state index in [1.807, 2.05) is 6.92 Å². The third-order valence-electron chi connectivity index (χ3n) is 2.53. The molecule has 0 aliphatic heterocycles. The number of methoxy groups -OCH3 is 1. The van der Waals surface area contributed by atoms with Crippen molar-refractivity contribution in [1.82, 2.24) is 0 Å². The second-order valence-corrected chi connectivity index (χ2v) is 4.64. The van der Waals surface area contributed by atoms with Gasteiger partial charge in [-0.15, -0.1) is 0 Å². The van der Waals surface area contributed by atoms with Crippen LogP contribution in [-0.4, -0.2) is 13.0 Å². The minimum atomic E-state index is -0.410. The van der Waals surface area contributed by atoms with Crippen LogP contribution < -0.4 is 10.1 Å². The number of ether oxygens (including phenoxy) is 1. The summed E-state index contributed by atoms with van der Waals surface area (Å²) in [5.41, 5.74) is 1.34. The SMILES string of the molecule is COc1cc(Cl)c(C)cc1NC(=O)c1ccc(Cl)o1. The van der Waals surface area contributed by atoms with Crippen LogP contribution in [0.5, 0.6) is 5.75 Å². The van der Waals surface area contributed by atoms with Crippen LogP contribution in [0.1, 0.15) is 16.1 Å². The number of hydrogen-bond acceptors (Lipinski definition) is 3. The molecule has 0 bridgehead atoms. The summed E-state index contributed by atoms with van der Waals surface area (Å²) in [6.45, 7) is 1.83. The van der Waals surface area contributed by atoms with Crippen LogP contribution in [0, 0.1) is 6.92 Å². The Morgan fingerprint density at radius 2 is 2.05 bits per heavy atom. The van der Waals surface area contributed by atoms with Gasteiger partial charge in [0, 0.05) is 11.1 Å². The number of nitrogens with one attached hydrogen (secondary N) is 1.